The van der Waals surface area contributed by atoms with Gasteiger partial charge in [0.2, 0.25) is 0 Å². The minimum Gasteiger partial charge on any atom is -0.0784 e. The van der Waals surface area contributed by atoms with Gasteiger partial charge >= 0.3 is 0 Å². The molecule has 0 unspecified atom stereocenters. The van der Waals surface area contributed by atoms with Gasteiger partial charge in [-0.15, -0.1) is 0 Å². The summed E-state index contributed by atoms with van der Waals surface area (Å²) in [6, 6.07) is 7.47. The molecule has 1 aromatic rings. The van der Waals surface area contributed by atoms with E-state index in [0.717, 1.165) is 33.2 Å². The minimum atomic E-state index is -1.55. The third-order valence-corrected chi connectivity index (χ3v) is 24.7. The van der Waals surface area contributed by atoms with Crippen LogP contribution in [0.5, 0.6) is 0 Å². The first kappa shape index (κ1) is 24.1. The lowest BCUT2D eigenvalue weighted by molar-refractivity contribution is 0.836. The fourth-order valence-corrected chi connectivity index (χ4v) is 26.8. The van der Waals surface area contributed by atoms with E-state index in [1.807, 2.05) is 9.84 Å². The molecule has 26 heavy (non-hydrogen) atoms. The molecule has 0 aromatic carbocycles. The topological polar surface area (TPSA) is 0 Å². The molecular weight excluding hydrogens is 363 g/mol. The first-order valence-corrected chi connectivity index (χ1v) is 16.2. The molecule has 0 aliphatic heterocycles. The van der Waals surface area contributed by atoms with Gasteiger partial charge in [0.05, 0.1) is 0 Å². The molecule has 1 aromatic heterocycles. The van der Waals surface area contributed by atoms with Crippen molar-refractivity contribution in [2.45, 2.75) is 116 Å². The van der Waals surface area contributed by atoms with Crippen LogP contribution in [-0.2, 0) is 0 Å². The Kier molecular flexibility index (Phi) is 8.40. The average Bonchev–Trinajstić information content (AvgIpc) is 2.46. The van der Waals surface area contributed by atoms with E-state index in [-0.39, 0.29) is 0 Å². The SMILES string of the molecule is CC(C)[Si](c1cccc([Si](C(C)C)(C(C)C)C(C)C)p1)(C(C)C)C(C)C. The van der Waals surface area contributed by atoms with E-state index < -0.39 is 16.1 Å². The van der Waals surface area contributed by atoms with Crippen LogP contribution in [0.25, 0.3) is 0 Å². The summed E-state index contributed by atoms with van der Waals surface area (Å²) in [5.41, 5.74) is 4.76. The predicted octanol–water partition coefficient (Wildman–Crippen LogP) is 8.04. The van der Waals surface area contributed by atoms with Crippen molar-refractivity contribution in [3.8, 4) is 0 Å². The van der Waals surface area contributed by atoms with Crippen LogP contribution in [0.3, 0.4) is 0 Å². The summed E-state index contributed by atoms with van der Waals surface area (Å²) in [4.78, 5) is 3.63. The van der Waals surface area contributed by atoms with Crippen LogP contribution >= 0.6 is 8.19 Å². The highest BCUT2D eigenvalue weighted by atomic mass is 31.0. The van der Waals surface area contributed by atoms with Crippen LogP contribution in [0.15, 0.2) is 18.2 Å². The van der Waals surface area contributed by atoms with Crippen molar-refractivity contribution < 1.29 is 0 Å². The molecule has 0 N–H and O–H groups in total. The Morgan fingerprint density at radius 3 is 0.923 bits per heavy atom. The minimum absolute atomic E-state index is 0.794. The van der Waals surface area contributed by atoms with E-state index in [2.05, 4.69) is 101 Å². The van der Waals surface area contributed by atoms with Crippen LogP contribution in [0, 0.1) is 0 Å². The lowest BCUT2D eigenvalue weighted by Gasteiger charge is -2.46. The van der Waals surface area contributed by atoms with Crippen LogP contribution in [0.2, 0.25) is 33.2 Å². The highest BCUT2D eigenvalue weighted by molar-refractivity contribution is 7.50. The molecule has 1 heterocycles. The third-order valence-electron chi connectivity index (χ3n) is 7.37. The second-order valence-corrected chi connectivity index (χ2v) is 24.0. The Morgan fingerprint density at radius 1 is 0.500 bits per heavy atom. The summed E-state index contributed by atoms with van der Waals surface area (Å²) < 4.78 is 0. The molecule has 0 saturated carbocycles. The van der Waals surface area contributed by atoms with E-state index in [1.54, 1.807) is 8.19 Å². The van der Waals surface area contributed by atoms with E-state index >= 15 is 0 Å². The van der Waals surface area contributed by atoms with Gasteiger partial charge in [-0.2, -0.15) is 0 Å². The van der Waals surface area contributed by atoms with Crippen molar-refractivity contribution in [2.75, 3.05) is 0 Å². The molecular formula is C23H45PSi2. The largest absolute Gasteiger partial charge is 0.100 e. The van der Waals surface area contributed by atoms with Crippen LogP contribution in [-0.4, -0.2) is 16.1 Å². The maximum Gasteiger partial charge on any atom is 0.100 e. The summed E-state index contributed by atoms with van der Waals surface area (Å²) in [6.45, 7) is 30.0. The maximum atomic E-state index is 2.53. The Morgan fingerprint density at radius 2 is 0.731 bits per heavy atom. The van der Waals surface area contributed by atoms with Crippen LogP contribution in [0.4, 0.5) is 0 Å². The molecule has 0 bridgehead atoms. The lowest BCUT2D eigenvalue weighted by atomic mass is 10.5. The number of hydrogen-bond donors (Lipinski definition) is 0. The molecule has 1 rings (SSSR count). The van der Waals surface area contributed by atoms with Crippen LogP contribution in [0.1, 0.15) is 83.1 Å². The Labute approximate surface area is 168 Å². The van der Waals surface area contributed by atoms with Gasteiger partial charge in [-0.25, -0.2) is 0 Å². The number of hydrogen-bond acceptors (Lipinski definition) is 0. The summed E-state index contributed by atoms with van der Waals surface area (Å²) >= 11 is 0. The van der Waals surface area contributed by atoms with E-state index in [9.17, 15) is 0 Å². The smallest absolute Gasteiger partial charge is 0.0784 e. The fraction of sp³-hybridized carbons (Fsp3) is 0.783. The van der Waals surface area contributed by atoms with Gasteiger partial charge in [-0.1, -0.05) is 109 Å². The molecule has 0 saturated heterocycles. The van der Waals surface area contributed by atoms with Crippen molar-refractivity contribution in [3.05, 3.63) is 18.2 Å². The molecule has 3 heteroatoms. The van der Waals surface area contributed by atoms with Crippen molar-refractivity contribution in [2.24, 2.45) is 0 Å². The summed E-state index contributed by atoms with van der Waals surface area (Å²) in [5.74, 6) is 0. The van der Waals surface area contributed by atoms with Crippen molar-refractivity contribution in [1.82, 2.24) is 0 Å². The molecule has 0 atom stereocenters. The lowest BCUT2D eigenvalue weighted by Crippen LogP contribution is -2.58. The Hall–Kier alpha value is 0.0838. The van der Waals surface area contributed by atoms with Gasteiger partial charge in [0.25, 0.3) is 0 Å². The monoisotopic (exact) mass is 408 g/mol. The quantitative estimate of drug-likeness (QED) is 0.382. The molecule has 0 radical (unpaired) electrons. The first-order chi connectivity index (χ1) is 11.9. The zero-order chi connectivity index (χ0) is 20.4. The molecule has 0 nitrogen and oxygen atoms in total. The van der Waals surface area contributed by atoms with E-state index in [0.29, 0.717) is 0 Å². The van der Waals surface area contributed by atoms with Crippen LogP contribution < -0.4 is 9.84 Å². The second-order valence-electron chi connectivity index (χ2n) is 10.2. The van der Waals surface area contributed by atoms with Gasteiger partial charge < -0.3 is 0 Å². The van der Waals surface area contributed by atoms with Crippen molar-refractivity contribution >= 4 is 34.2 Å². The molecule has 150 valence electrons. The normalized spacial score (nSPS) is 13.9. The van der Waals surface area contributed by atoms with Gasteiger partial charge in [0.15, 0.2) is 0 Å². The van der Waals surface area contributed by atoms with Gasteiger partial charge in [-0.3, -0.25) is 0 Å². The standard InChI is InChI=1S/C23H45PSi2/c1-16(2)25(17(3)4,18(5)6)22-14-13-15-23(24-22)26(19(7)8,20(9)10)21(11)12/h13-21H,1-12H3. The third kappa shape index (κ3) is 3.80. The zero-order valence-corrected chi connectivity index (χ0v) is 22.5. The molecule has 0 aliphatic carbocycles. The predicted molar refractivity (Wildman–Crippen MR) is 130 cm³/mol. The second kappa shape index (κ2) is 9.06. The Bertz CT molecular complexity index is 483. The molecule has 0 aliphatic rings. The summed E-state index contributed by atoms with van der Waals surface area (Å²) in [5, 5.41) is 0. The van der Waals surface area contributed by atoms with E-state index in [1.165, 1.54) is 0 Å². The first-order valence-electron chi connectivity index (χ1n) is 10.9. The van der Waals surface area contributed by atoms with Gasteiger partial charge in [-0.05, 0) is 43.1 Å². The maximum absolute atomic E-state index is 2.53. The van der Waals surface area contributed by atoms with Gasteiger partial charge in [0, 0.05) is 0 Å². The zero-order valence-electron chi connectivity index (χ0n) is 19.6. The van der Waals surface area contributed by atoms with Crippen molar-refractivity contribution in [1.29, 1.82) is 0 Å². The van der Waals surface area contributed by atoms with Crippen molar-refractivity contribution in [3.63, 3.8) is 0 Å². The van der Waals surface area contributed by atoms with Gasteiger partial charge in [0.1, 0.15) is 16.1 Å². The average molecular weight is 409 g/mol. The molecule has 0 amide bonds. The van der Waals surface area contributed by atoms with E-state index in [4.69, 9.17) is 0 Å². The summed E-state index contributed by atoms with van der Waals surface area (Å²) in [7, 11) is -1.51. The Balaban J connectivity index is 3.78. The highest BCUT2D eigenvalue weighted by Gasteiger charge is 2.48. The summed E-state index contributed by atoms with van der Waals surface area (Å²) in [6.07, 6.45) is 0. The highest BCUT2D eigenvalue weighted by Crippen LogP contribution is 2.45. The fourth-order valence-electron chi connectivity index (χ4n) is 6.69. The number of rotatable bonds is 8. The molecule has 0 fully saturated rings. The molecule has 0 spiro atoms.